The lowest BCUT2D eigenvalue weighted by molar-refractivity contribution is 0.909. The Labute approximate surface area is 119 Å². The molecular formula is C16H16Cl2. The van der Waals surface area contributed by atoms with Crippen LogP contribution in [0.25, 0.3) is 0 Å². The van der Waals surface area contributed by atoms with Crippen LogP contribution in [-0.4, -0.2) is 0 Å². The van der Waals surface area contributed by atoms with Crippen molar-refractivity contribution < 1.29 is 0 Å². The van der Waals surface area contributed by atoms with Crippen LogP contribution in [0.5, 0.6) is 0 Å². The monoisotopic (exact) mass is 278 g/mol. The summed E-state index contributed by atoms with van der Waals surface area (Å²) in [7, 11) is 0. The maximum Gasteiger partial charge on any atom is 0.0625 e. The zero-order valence-corrected chi connectivity index (χ0v) is 12.1. The summed E-state index contributed by atoms with van der Waals surface area (Å²) < 4.78 is 0. The average Bonchev–Trinajstić information content (AvgIpc) is 2.34. The van der Waals surface area contributed by atoms with Crippen LogP contribution >= 0.6 is 23.2 Å². The first kappa shape index (κ1) is 13.5. The zero-order valence-electron chi connectivity index (χ0n) is 10.6. The molecule has 94 valence electrons. The molecule has 1 atom stereocenters. The van der Waals surface area contributed by atoms with Gasteiger partial charge in [0.1, 0.15) is 0 Å². The van der Waals surface area contributed by atoms with Gasteiger partial charge in [0, 0.05) is 5.02 Å². The minimum Gasteiger partial charge on any atom is -0.117 e. The first-order chi connectivity index (χ1) is 8.56. The number of halogens is 2. The molecule has 0 radical (unpaired) electrons. The third kappa shape index (κ3) is 3.28. The summed E-state index contributed by atoms with van der Waals surface area (Å²) in [6.45, 7) is 4.23. The molecule has 0 saturated carbocycles. The fourth-order valence-corrected chi connectivity index (χ4v) is 2.44. The summed E-state index contributed by atoms with van der Waals surface area (Å²) in [5.41, 5.74) is 4.99. The van der Waals surface area contributed by atoms with E-state index in [4.69, 9.17) is 23.2 Å². The fraction of sp³-hybridized carbons (Fsp3) is 0.250. The highest BCUT2D eigenvalue weighted by atomic mass is 35.5. The molecule has 0 aliphatic rings. The minimum atomic E-state index is -0.0113. The van der Waals surface area contributed by atoms with E-state index in [9.17, 15) is 0 Å². The van der Waals surface area contributed by atoms with E-state index in [0.29, 0.717) is 0 Å². The molecule has 0 nitrogen and oxygen atoms in total. The van der Waals surface area contributed by atoms with E-state index in [0.717, 1.165) is 17.0 Å². The number of benzene rings is 2. The highest BCUT2D eigenvalue weighted by molar-refractivity contribution is 6.30. The van der Waals surface area contributed by atoms with Crippen molar-refractivity contribution in [3.63, 3.8) is 0 Å². The molecule has 2 aromatic carbocycles. The number of alkyl halides is 1. The van der Waals surface area contributed by atoms with Crippen molar-refractivity contribution in [3.8, 4) is 0 Å². The molecular weight excluding hydrogens is 263 g/mol. The normalized spacial score (nSPS) is 12.4. The summed E-state index contributed by atoms with van der Waals surface area (Å²) in [4.78, 5) is 0. The molecule has 0 heterocycles. The Bertz CT molecular complexity index is 529. The second kappa shape index (κ2) is 5.77. The molecule has 0 saturated heterocycles. The van der Waals surface area contributed by atoms with Crippen LogP contribution in [0.4, 0.5) is 0 Å². The number of aryl methyl sites for hydroxylation is 2. The Morgan fingerprint density at radius 3 is 2.33 bits per heavy atom. The van der Waals surface area contributed by atoms with E-state index in [2.05, 4.69) is 32.0 Å². The van der Waals surface area contributed by atoms with Gasteiger partial charge in [-0.05, 0) is 49.1 Å². The Hall–Kier alpha value is -0.980. The maximum absolute atomic E-state index is 6.47. The Morgan fingerprint density at radius 2 is 1.67 bits per heavy atom. The molecule has 0 fully saturated rings. The summed E-state index contributed by atoms with van der Waals surface area (Å²) in [5.74, 6) is 0. The van der Waals surface area contributed by atoms with Gasteiger partial charge in [0.05, 0.1) is 5.38 Å². The molecule has 0 aliphatic carbocycles. The van der Waals surface area contributed by atoms with Gasteiger partial charge in [-0.15, -0.1) is 11.6 Å². The lowest BCUT2D eigenvalue weighted by Crippen LogP contribution is -1.98. The highest BCUT2D eigenvalue weighted by Crippen LogP contribution is 2.27. The Balaban J connectivity index is 2.18. The van der Waals surface area contributed by atoms with Crippen LogP contribution in [0.1, 0.15) is 27.6 Å². The summed E-state index contributed by atoms with van der Waals surface area (Å²) in [6, 6.07) is 14.2. The van der Waals surface area contributed by atoms with Gasteiger partial charge in [0.25, 0.3) is 0 Å². The molecule has 2 aromatic rings. The van der Waals surface area contributed by atoms with Crippen LogP contribution in [-0.2, 0) is 6.42 Å². The predicted molar refractivity (Wildman–Crippen MR) is 79.7 cm³/mol. The van der Waals surface area contributed by atoms with Crippen LogP contribution in [0.15, 0.2) is 42.5 Å². The lowest BCUT2D eigenvalue weighted by Gasteiger charge is -2.13. The first-order valence-electron chi connectivity index (χ1n) is 6.02. The van der Waals surface area contributed by atoms with Gasteiger partial charge in [0.15, 0.2) is 0 Å². The summed E-state index contributed by atoms with van der Waals surface area (Å²) >= 11 is 12.4. The Morgan fingerprint density at radius 1 is 1.00 bits per heavy atom. The molecule has 0 amide bonds. The van der Waals surface area contributed by atoms with Gasteiger partial charge in [-0.25, -0.2) is 0 Å². The number of rotatable bonds is 3. The molecule has 2 heteroatoms. The van der Waals surface area contributed by atoms with E-state index >= 15 is 0 Å². The topological polar surface area (TPSA) is 0 Å². The smallest absolute Gasteiger partial charge is 0.0625 e. The van der Waals surface area contributed by atoms with Crippen molar-refractivity contribution in [2.45, 2.75) is 25.6 Å². The van der Waals surface area contributed by atoms with Gasteiger partial charge in [-0.2, -0.15) is 0 Å². The van der Waals surface area contributed by atoms with Crippen LogP contribution in [0, 0.1) is 13.8 Å². The zero-order chi connectivity index (χ0) is 13.1. The molecule has 0 spiro atoms. The van der Waals surface area contributed by atoms with Crippen molar-refractivity contribution in [2.75, 3.05) is 0 Å². The third-order valence-electron chi connectivity index (χ3n) is 3.14. The maximum atomic E-state index is 6.47. The van der Waals surface area contributed by atoms with E-state index < -0.39 is 0 Å². The Kier molecular flexibility index (Phi) is 4.31. The van der Waals surface area contributed by atoms with Crippen molar-refractivity contribution in [1.29, 1.82) is 0 Å². The minimum absolute atomic E-state index is 0.0113. The van der Waals surface area contributed by atoms with Crippen LogP contribution < -0.4 is 0 Å². The summed E-state index contributed by atoms with van der Waals surface area (Å²) in [6.07, 6.45) is 0.844. The molecule has 0 aromatic heterocycles. The van der Waals surface area contributed by atoms with Crippen LogP contribution in [0.2, 0.25) is 5.02 Å². The number of hydrogen-bond acceptors (Lipinski definition) is 0. The quantitative estimate of drug-likeness (QED) is 0.653. The molecule has 0 aliphatic heterocycles. The summed E-state index contributed by atoms with van der Waals surface area (Å²) in [5, 5.41) is 0.733. The molecule has 0 bridgehead atoms. The van der Waals surface area contributed by atoms with Gasteiger partial charge >= 0.3 is 0 Å². The van der Waals surface area contributed by atoms with Gasteiger partial charge < -0.3 is 0 Å². The first-order valence-corrected chi connectivity index (χ1v) is 6.83. The SMILES string of the molecule is Cc1ccc(C)c(CC(Cl)c2ccc(Cl)cc2)c1. The molecule has 0 N–H and O–H groups in total. The van der Waals surface area contributed by atoms with Crippen LogP contribution in [0.3, 0.4) is 0 Å². The number of hydrogen-bond donors (Lipinski definition) is 0. The van der Waals surface area contributed by atoms with Gasteiger partial charge in [0.2, 0.25) is 0 Å². The second-order valence-electron chi connectivity index (χ2n) is 4.65. The molecule has 18 heavy (non-hydrogen) atoms. The molecule has 2 rings (SSSR count). The third-order valence-corrected chi connectivity index (χ3v) is 3.79. The van der Waals surface area contributed by atoms with Crippen molar-refractivity contribution >= 4 is 23.2 Å². The van der Waals surface area contributed by atoms with Gasteiger partial charge in [-0.1, -0.05) is 47.5 Å². The van der Waals surface area contributed by atoms with E-state index in [1.165, 1.54) is 16.7 Å². The lowest BCUT2D eigenvalue weighted by atomic mass is 9.98. The van der Waals surface area contributed by atoms with Crippen molar-refractivity contribution in [1.82, 2.24) is 0 Å². The van der Waals surface area contributed by atoms with E-state index in [1.807, 2.05) is 24.3 Å². The molecule has 1 unspecified atom stereocenters. The van der Waals surface area contributed by atoms with Gasteiger partial charge in [-0.3, -0.25) is 0 Å². The van der Waals surface area contributed by atoms with Crippen molar-refractivity contribution in [3.05, 3.63) is 69.7 Å². The predicted octanol–water partition coefficient (Wildman–Crippen LogP) is 5.48. The van der Waals surface area contributed by atoms with E-state index in [1.54, 1.807) is 0 Å². The average molecular weight is 279 g/mol. The van der Waals surface area contributed by atoms with Crippen molar-refractivity contribution in [2.24, 2.45) is 0 Å². The largest absolute Gasteiger partial charge is 0.117 e. The van der Waals surface area contributed by atoms with E-state index in [-0.39, 0.29) is 5.38 Å². The standard InChI is InChI=1S/C16H16Cl2/c1-11-3-4-12(2)14(9-11)10-16(18)13-5-7-15(17)8-6-13/h3-9,16H,10H2,1-2H3. The fourth-order valence-electron chi connectivity index (χ4n) is 2.00. The second-order valence-corrected chi connectivity index (χ2v) is 5.62. The highest BCUT2D eigenvalue weighted by Gasteiger charge is 2.10.